The summed E-state index contributed by atoms with van der Waals surface area (Å²) in [5, 5.41) is 18.6. The van der Waals surface area contributed by atoms with Crippen molar-refractivity contribution in [1.82, 2.24) is 15.0 Å². The highest BCUT2D eigenvalue weighted by Crippen LogP contribution is 2.33. The van der Waals surface area contributed by atoms with E-state index in [0.717, 1.165) is 27.8 Å². The largest absolute Gasteiger partial charge is 0.504 e. The van der Waals surface area contributed by atoms with Crippen LogP contribution in [0.25, 0.3) is 27.8 Å². The molecule has 0 bridgehead atoms. The summed E-state index contributed by atoms with van der Waals surface area (Å²) in [5.74, 6) is 1.78. The number of fused-ring (bicyclic) bond motifs is 1. The van der Waals surface area contributed by atoms with Crippen LogP contribution in [0.1, 0.15) is 0 Å². The molecule has 0 fully saturated rings. The number of rotatable bonds is 5. The standard InChI is InChI=1S/C21H19N3O4/c1-26-19-8-5-14(11-18(19)25)13-4-7-16-17(10-13)24(23-22-16)15-6-9-20(27-2)21(12-15)28-3/h4-12,25H,1-3H3. The van der Waals surface area contributed by atoms with Gasteiger partial charge in [0, 0.05) is 6.07 Å². The number of hydrogen-bond donors (Lipinski definition) is 1. The zero-order chi connectivity index (χ0) is 19.7. The van der Waals surface area contributed by atoms with Gasteiger partial charge in [-0.25, -0.2) is 4.68 Å². The van der Waals surface area contributed by atoms with Crippen molar-refractivity contribution >= 4 is 11.0 Å². The van der Waals surface area contributed by atoms with Gasteiger partial charge < -0.3 is 19.3 Å². The summed E-state index contributed by atoms with van der Waals surface area (Å²) in [4.78, 5) is 0. The van der Waals surface area contributed by atoms with E-state index in [1.807, 2.05) is 42.5 Å². The molecule has 28 heavy (non-hydrogen) atoms. The Morgan fingerprint density at radius 1 is 0.750 bits per heavy atom. The molecule has 7 nitrogen and oxygen atoms in total. The van der Waals surface area contributed by atoms with Crippen LogP contribution in [0.5, 0.6) is 23.0 Å². The number of benzene rings is 3. The summed E-state index contributed by atoms with van der Waals surface area (Å²) in [6.07, 6.45) is 0. The van der Waals surface area contributed by atoms with E-state index in [0.29, 0.717) is 17.2 Å². The van der Waals surface area contributed by atoms with Crippen molar-refractivity contribution in [2.75, 3.05) is 21.3 Å². The third-order valence-corrected chi connectivity index (χ3v) is 4.57. The average Bonchev–Trinajstić information content (AvgIpc) is 3.16. The molecule has 0 amide bonds. The molecule has 0 aliphatic carbocycles. The summed E-state index contributed by atoms with van der Waals surface area (Å²) in [5.41, 5.74) is 4.18. The second-order valence-corrected chi connectivity index (χ2v) is 6.13. The maximum atomic E-state index is 10.1. The predicted octanol–water partition coefficient (Wildman–Crippen LogP) is 3.82. The van der Waals surface area contributed by atoms with Crippen molar-refractivity contribution in [2.24, 2.45) is 0 Å². The normalized spacial score (nSPS) is 10.8. The van der Waals surface area contributed by atoms with Gasteiger partial charge in [0.05, 0.1) is 32.5 Å². The molecule has 7 heteroatoms. The second kappa shape index (κ2) is 7.11. The molecule has 0 unspecified atom stereocenters. The van der Waals surface area contributed by atoms with Crippen LogP contribution in [-0.4, -0.2) is 41.4 Å². The van der Waals surface area contributed by atoms with E-state index in [4.69, 9.17) is 14.2 Å². The highest BCUT2D eigenvalue weighted by Gasteiger charge is 2.12. The molecule has 142 valence electrons. The van der Waals surface area contributed by atoms with Crippen molar-refractivity contribution in [3.05, 3.63) is 54.6 Å². The Labute approximate surface area is 161 Å². The van der Waals surface area contributed by atoms with Gasteiger partial charge in [-0.3, -0.25) is 0 Å². The van der Waals surface area contributed by atoms with Crippen molar-refractivity contribution in [1.29, 1.82) is 0 Å². The lowest BCUT2D eigenvalue weighted by Gasteiger charge is -2.10. The molecule has 3 aromatic carbocycles. The zero-order valence-corrected chi connectivity index (χ0v) is 15.7. The Bertz CT molecular complexity index is 1150. The topological polar surface area (TPSA) is 78.6 Å². The number of hydrogen-bond acceptors (Lipinski definition) is 6. The van der Waals surface area contributed by atoms with Crippen molar-refractivity contribution in [2.45, 2.75) is 0 Å². The van der Waals surface area contributed by atoms with Gasteiger partial charge in [-0.15, -0.1) is 5.10 Å². The molecular weight excluding hydrogens is 358 g/mol. The fourth-order valence-electron chi connectivity index (χ4n) is 3.12. The van der Waals surface area contributed by atoms with Gasteiger partial charge in [0.1, 0.15) is 5.52 Å². The lowest BCUT2D eigenvalue weighted by atomic mass is 10.0. The maximum Gasteiger partial charge on any atom is 0.162 e. The van der Waals surface area contributed by atoms with E-state index in [9.17, 15) is 5.11 Å². The molecular formula is C21H19N3O4. The van der Waals surface area contributed by atoms with Crippen LogP contribution in [0, 0.1) is 0 Å². The van der Waals surface area contributed by atoms with Crippen LogP contribution in [-0.2, 0) is 0 Å². The van der Waals surface area contributed by atoms with Gasteiger partial charge in [0.2, 0.25) is 0 Å². The fourth-order valence-corrected chi connectivity index (χ4v) is 3.12. The lowest BCUT2D eigenvalue weighted by Crippen LogP contribution is -1.99. The van der Waals surface area contributed by atoms with Crippen LogP contribution in [0.3, 0.4) is 0 Å². The van der Waals surface area contributed by atoms with Gasteiger partial charge in [-0.05, 0) is 47.5 Å². The number of methoxy groups -OCH3 is 3. The van der Waals surface area contributed by atoms with Crippen molar-refractivity contribution < 1.29 is 19.3 Å². The summed E-state index contributed by atoms with van der Waals surface area (Å²) in [7, 11) is 4.71. The quantitative estimate of drug-likeness (QED) is 0.570. The number of aromatic hydroxyl groups is 1. The van der Waals surface area contributed by atoms with Crippen LogP contribution in [0.4, 0.5) is 0 Å². The molecule has 0 saturated carbocycles. The van der Waals surface area contributed by atoms with Crippen molar-refractivity contribution in [3.8, 4) is 39.8 Å². The monoisotopic (exact) mass is 377 g/mol. The smallest absolute Gasteiger partial charge is 0.162 e. The minimum atomic E-state index is 0.0895. The molecule has 1 aromatic heterocycles. The summed E-state index contributed by atoms with van der Waals surface area (Å²) < 4.78 is 17.5. The molecule has 4 aromatic rings. The molecule has 4 rings (SSSR count). The molecule has 0 aliphatic rings. The lowest BCUT2D eigenvalue weighted by molar-refractivity contribution is 0.355. The highest BCUT2D eigenvalue weighted by molar-refractivity contribution is 5.83. The molecule has 0 aliphatic heterocycles. The Morgan fingerprint density at radius 2 is 1.43 bits per heavy atom. The molecule has 0 spiro atoms. The van der Waals surface area contributed by atoms with Crippen LogP contribution >= 0.6 is 0 Å². The predicted molar refractivity (Wildman–Crippen MR) is 106 cm³/mol. The number of nitrogens with zero attached hydrogens (tertiary/aromatic N) is 3. The number of aromatic nitrogens is 3. The number of ether oxygens (including phenoxy) is 3. The first-order chi connectivity index (χ1) is 13.6. The van der Waals surface area contributed by atoms with E-state index in [-0.39, 0.29) is 5.75 Å². The average molecular weight is 377 g/mol. The summed E-state index contributed by atoms with van der Waals surface area (Å²) in [6.45, 7) is 0. The van der Waals surface area contributed by atoms with Crippen LogP contribution in [0.2, 0.25) is 0 Å². The van der Waals surface area contributed by atoms with Crippen LogP contribution < -0.4 is 14.2 Å². The van der Waals surface area contributed by atoms with Crippen molar-refractivity contribution in [3.63, 3.8) is 0 Å². The highest BCUT2D eigenvalue weighted by atomic mass is 16.5. The van der Waals surface area contributed by atoms with E-state index in [2.05, 4.69) is 10.3 Å². The third-order valence-electron chi connectivity index (χ3n) is 4.57. The first-order valence-electron chi connectivity index (χ1n) is 8.60. The van der Waals surface area contributed by atoms with Gasteiger partial charge >= 0.3 is 0 Å². The van der Waals surface area contributed by atoms with Gasteiger partial charge in [0.25, 0.3) is 0 Å². The molecule has 0 radical (unpaired) electrons. The summed E-state index contributed by atoms with van der Waals surface area (Å²) in [6, 6.07) is 16.7. The number of phenols is 1. The summed E-state index contributed by atoms with van der Waals surface area (Å²) >= 11 is 0. The first kappa shape index (κ1) is 17.7. The minimum absolute atomic E-state index is 0.0895. The molecule has 0 saturated heterocycles. The van der Waals surface area contributed by atoms with E-state index in [1.165, 1.54) is 7.11 Å². The van der Waals surface area contributed by atoms with Gasteiger partial charge in [-0.1, -0.05) is 17.3 Å². The molecule has 1 N–H and O–H groups in total. The Hall–Kier alpha value is -3.74. The first-order valence-corrected chi connectivity index (χ1v) is 8.60. The van der Waals surface area contributed by atoms with Gasteiger partial charge in [0.15, 0.2) is 23.0 Å². The maximum absolute atomic E-state index is 10.1. The third kappa shape index (κ3) is 2.96. The van der Waals surface area contributed by atoms with Gasteiger partial charge in [-0.2, -0.15) is 0 Å². The number of phenolic OH excluding ortho intramolecular Hbond substituents is 1. The zero-order valence-electron chi connectivity index (χ0n) is 15.7. The van der Waals surface area contributed by atoms with E-state index in [1.54, 1.807) is 31.0 Å². The second-order valence-electron chi connectivity index (χ2n) is 6.13. The Kier molecular flexibility index (Phi) is 4.49. The van der Waals surface area contributed by atoms with E-state index >= 15 is 0 Å². The van der Waals surface area contributed by atoms with E-state index < -0.39 is 0 Å². The SMILES string of the molecule is COc1ccc(-c2ccc3nnn(-c4ccc(OC)c(OC)c4)c3c2)cc1O. The van der Waals surface area contributed by atoms with Crippen LogP contribution in [0.15, 0.2) is 54.6 Å². The minimum Gasteiger partial charge on any atom is -0.504 e. The fraction of sp³-hybridized carbons (Fsp3) is 0.143. The Morgan fingerprint density at radius 3 is 2.14 bits per heavy atom. The Balaban J connectivity index is 1.82. The molecule has 0 atom stereocenters. The molecule has 1 heterocycles.